The van der Waals surface area contributed by atoms with Gasteiger partial charge in [0.25, 0.3) is 0 Å². The highest BCUT2D eigenvalue weighted by molar-refractivity contribution is 7.09. The van der Waals surface area contributed by atoms with Crippen LogP contribution < -0.4 is 0 Å². The number of piperidine rings is 1. The van der Waals surface area contributed by atoms with Crippen LogP contribution in [0.2, 0.25) is 0 Å². The molecule has 0 radical (unpaired) electrons. The summed E-state index contributed by atoms with van der Waals surface area (Å²) in [6.07, 6.45) is 2.12. The molecule has 0 aromatic carbocycles. The van der Waals surface area contributed by atoms with Crippen molar-refractivity contribution in [3.05, 3.63) is 32.7 Å². The van der Waals surface area contributed by atoms with Gasteiger partial charge in [0, 0.05) is 36.4 Å². The number of fused-ring (bicyclic) bond motifs is 4. The van der Waals surface area contributed by atoms with E-state index in [9.17, 15) is 4.79 Å². The van der Waals surface area contributed by atoms with E-state index >= 15 is 0 Å². The number of amides is 1. The molecule has 3 aliphatic rings. The highest BCUT2D eigenvalue weighted by atomic mass is 32.1. The van der Waals surface area contributed by atoms with E-state index in [4.69, 9.17) is 0 Å². The normalized spacial score (nSPS) is 25.1. The SMILES string of the molecule is Cc1nc(CN2C[C@@H]3CC[C@H](C2)N(Cc2cscn2)C3=O)cs1. The van der Waals surface area contributed by atoms with Crippen LogP contribution in [0.1, 0.15) is 29.2 Å². The van der Waals surface area contributed by atoms with E-state index in [0.717, 1.165) is 48.9 Å². The minimum Gasteiger partial charge on any atom is -0.332 e. The van der Waals surface area contributed by atoms with Gasteiger partial charge < -0.3 is 4.90 Å². The average Bonchev–Trinajstić information content (AvgIpc) is 3.10. The summed E-state index contributed by atoms with van der Waals surface area (Å²) in [5.74, 6) is 0.443. The van der Waals surface area contributed by atoms with E-state index < -0.39 is 0 Å². The number of hydrogen-bond acceptors (Lipinski definition) is 6. The Bertz CT molecular complexity index is 684. The first-order valence-electron chi connectivity index (χ1n) is 8.00. The Morgan fingerprint density at radius 3 is 2.87 bits per heavy atom. The van der Waals surface area contributed by atoms with Crippen molar-refractivity contribution >= 4 is 28.6 Å². The van der Waals surface area contributed by atoms with Gasteiger partial charge in [0.05, 0.1) is 34.4 Å². The summed E-state index contributed by atoms with van der Waals surface area (Å²) in [6.45, 7) is 5.37. The van der Waals surface area contributed by atoms with Gasteiger partial charge in [-0.25, -0.2) is 9.97 Å². The number of aryl methyl sites for hydroxylation is 1. The first-order valence-corrected chi connectivity index (χ1v) is 9.82. The molecule has 5 heterocycles. The number of carbonyl (C=O) groups is 1. The minimum atomic E-state index is 0.132. The number of thiazole rings is 2. The monoisotopic (exact) mass is 348 g/mol. The Hall–Kier alpha value is -1.31. The van der Waals surface area contributed by atoms with Crippen molar-refractivity contribution in [1.29, 1.82) is 0 Å². The predicted octanol–water partition coefficient (Wildman–Crippen LogP) is 2.53. The second kappa shape index (κ2) is 6.30. The van der Waals surface area contributed by atoms with Crippen LogP contribution in [-0.4, -0.2) is 44.8 Å². The van der Waals surface area contributed by atoms with Crippen molar-refractivity contribution in [1.82, 2.24) is 19.8 Å². The lowest BCUT2D eigenvalue weighted by Crippen LogP contribution is -2.47. The zero-order chi connectivity index (χ0) is 15.8. The van der Waals surface area contributed by atoms with Gasteiger partial charge in [-0.1, -0.05) is 0 Å². The van der Waals surface area contributed by atoms with Crippen molar-refractivity contribution < 1.29 is 4.79 Å². The molecule has 0 saturated carbocycles. The highest BCUT2D eigenvalue weighted by Crippen LogP contribution is 2.31. The maximum atomic E-state index is 12.8. The molecule has 2 bridgehead atoms. The number of hydrogen-bond donors (Lipinski definition) is 0. The van der Waals surface area contributed by atoms with Gasteiger partial charge in [0.15, 0.2) is 0 Å². The van der Waals surface area contributed by atoms with Gasteiger partial charge in [-0.2, -0.15) is 0 Å². The molecule has 3 aliphatic heterocycles. The quantitative estimate of drug-likeness (QED) is 0.852. The summed E-state index contributed by atoms with van der Waals surface area (Å²) in [5.41, 5.74) is 3.98. The van der Waals surface area contributed by atoms with E-state index in [-0.39, 0.29) is 5.92 Å². The van der Waals surface area contributed by atoms with Gasteiger partial charge in [-0.15, -0.1) is 22.7 Å². The lowest BCUT2D eigenvalue weighted by atomic mass is 9.94. The maximum absolute atomic E-state index is 12.8. The predicted molar refractivity (Wildman–Crippen MR) is 91.3 cm³/mol. The van der Waals surface area contributed by atoms with Gasteiger partial charge >= 0.3 is 0 Å². The summed E-state index contributed by atoms with van der Waals surface area (Å²) >= 11 is 3.29. The van der Waals surface area contributed by atoms with Crippen LogP contribution in [0, 0.1) is 12.8 Å². The molecule has 5 rings (SSSR count). The molecule has 0 spiro atoms. The lowest BCUT2D eigenvalue weighted by Gasteiger charge is -2.35. The van der Waals surface area contributed by atoms with Crippen molar-refractivity contribution in [2.75, 3.05) is 13.1 Å². The molecule has 1 amide bonds. The van der Waals surface area contributed by atoms with E-state index in [0.29, 0.717) is 18.5 Å². The fourth-order valence-electron chi connectivity index (χ4n) is 3.67. The van der Waals surface area contributed by atoms with Crippen LogP contribution in [0.15, 0.2) is 16.3 Å². The van der Waals surface area contributed by atoms with Crippen molar-refractivity contribution in [3.8, 4) is 0 Å². The summed E-state index contributed by atoms with van der Waals surface area (Å²) in [4.78, 5) is 26.2. The summed E-state index contributed by atoms with van der Waals surface area (Å²) < 4.78 is 0. The standard InChI is InChI=1S/C16H20N4OS2/c1-11-18-14(9-23-11)5-19-4-12-2-3-15(7-19)20(16(12)21)6-13-8-22-10-17-13/h8-10,12,15H,2-7H2,1H3/t12-,15+/m0/s1. The fraction of sp³-hybridized carbons (Fsp3) is 0.562. The third-order valence-corrected chi connectivity index (χ3v) is 6.19. The lowest BCUT2D eigenvalue weighted by molar-refractivity contribution is -0.140. The second-order valence-corrected chi connectivity index (χ2v) is 8.21. The molecule has 122 valence electrons. The molecule has 7 heteroatoms. The van der Waals surface area contributed by atoms with Gasteiger partial charge in [-0.05, 0) is 19.8 Å². The highest BCUT2D eigenvalue weighted by Gasteiger charge is 2.40. The van der Waals surface area contributed by atoms with E-state index in [1.54, 1.807) is 22.7 Å². The molecular formula is C16H20N4OS2. The Morgan fingerprint density at radius 1 is 1.22 bits per heavy atom. The Labute approximate surface area is 144 Å². The number of carbonyl (C=O) groups excluding carboxylic acids is 1. The first-order chi connectivity index (χ1) is 11.2. The molecule has 3 fully saturated rings. The van der Waals surface area contributed by atoms with Crippen LogP contribution in [0.25, 0.3) is 0 Å². The Morgan fingerprint density at radius 2 is 2.13 bits per heavy atom. The topological polar surface area (TPSA) is 49.3 Å². The fourth-order valence-corrected chi connectivity index (χ4v) is 4.82. The first kappa shape index (κ1) is 15.2. The summed E-state index contributed by atoms with van der Waals surface area (Å²) in [7, 11) is 0. The number of nitrogens with zero attached hydrogens (tertiary/aromatic N) is 4. The number of rotatable bonds is 4. The summed E-state index contributed by atoms with van der Waals surface area (Å²) in [5, 5.41) is 5.29. The molecule has 5 nitrogen and oxygen atoms in total. The zero-order valence-electron chi connectivity index (χ0n) is 13.1. The van der Waals surface area contributed by atoms with Gasteiger partial charge in [0.1, 0.15) is 0 Å². The second-order valence-electron chi connectivity index (χ2n) is 6.43. The van der Waals surface area contributed by atoms with Crippen molar-refractivity contribution in [2.45, 2.75) is 38.9 Å². The molecular weight excluding hydrogens is 328 g/mol. The van der Waals surface area contributed by atoms with Gasteiger partial charge in [0.2, 0.25) is 5.91 Å². The molecule has 2 atom stereocenters. The van der Waals surface area contributed by atoms with E-state index in [2.05, 4.69) is 25.1 Å². The van der Waals surface area contributed by atoms with Crippen LogP contribution in [0.4, 0.5) is 0 Å². The zero-order valence-corrected chi connectivity index (χ0v) is 14.8. The van der Waals surface area contributed by atoms with Crippen LogP contribution in [0.3, 0.4) is 0 Å². The summed E-state index contributed by atoms with van der Waals surface area (Å²) in [6, 6.07) is 0.308. The third-order valence-electron chi connectivity index (χ3n) is 4.74. The molecule has 0 N–H and O–H groups in total. The average molecular weight is 348 g/mol. The van der Waals surface area contributed by atoms with Crippen LogP contribution >= 0.6 is 22.7 Å². The maximum Gasteiger partial charge on any atom is 0.227 e. The minimum absolute atomic E-state index is 0.132. The Balaban J connectivity index is 1.50. The van der Waals surface area contributed by atoms with Crippen molar-refractivity contribution in [2.24, 2.45) is 5.92 Å². The van der Waals surface area contributed by atoms with E-state index in [1.807, 2.05) is 17.8 Å². The molecule has 0 aliphatic carbocycles. The van der Waals surface area contributed by atoms with Gasteiger partial charge in [-0.3, -0.25) is 9.69 Å². The smallest absolute Gasteiger partial charge is 0.227 e. The molecule has 23 heavy (non-hydrogen) atoms. The number of aromatic nitrogens is 2. The van der Waals surface area contributed by atoms with Crippen LogP contribution in [0.5, 0.6) is 0 Å². The van der Waals surface area contributed by atoms with E-state index in [1.165, 1.54) is 0 Å². The third kappa shape index (κ3) is 3.18. The molecule has 2 aromatic rings. The molecule has 2 aromatic heterocycles. The van der Waals surface area contributed by atoms with Crippen LogP contribution in [-0.2, 0) is 17.9 Å². The Kier molecular flexibility index (Phi) is 4.17. The molecule has 3 saturated heterocycles. The van der Waals surface area contributed by atoms with Crippen molar-refractivity contribution in [3.63, 3.8) is 0 Å². The largest absolute Gasteiger partial charge is 0.332 e. The molecule has 0 unspecified atom stereocenters.